The minimum Gasteiger partial charge on any atom is -0.462 e. The lowest BCUT2D eigenvalue weighted by Gasteiger charge is -2.18. The van der Waals surface area contributed by atoms with E-state index in [1.165, 1.54) is 244 Å². The lowest BCUT2D eigenvalue weighted by atomic mass is 9.99. The summed E-state index contributed by atoms with van der Waals surface area (Å²) >= 11 is 0. The molecule has 6 heteroatoms. The van der Waals surface area contributed by atoms with Gasteiger partial charge in [0.1, 0.15) is 13.2 Å². The number of rotatable bonds is 57. The van der Waals surface area contributed by atoms with Crippen molar-refractivity contribution < 1.29 is 28.6 Å². The van der Waals surface area contributed by atoms with Crippen molar-refractivity contribution in [1.82, 2.24) is 0 Å². The second-order valence-electron chi connectivity index (χ2n) is 22.4. The summed E-state index contributed by atoms with van der Waals surface area (Å²) in [5.41, 5.74) is 0. The first-order valence-corrected chi connectivity index (χ1v) is 31.3. The predicted octanol–water partition coefficient (Wildman–Crippen LogP) is 20.8. The summed E-state index contributed by atoms with van der Waals surface area (Å²) in [7, 11) is 0. The standard InChI is InChI=1S/C63H122O6/c1-6-8-9-10-11-12-13-14-15-21-24-27-33-38-43-48-53-61(64)67-56-60(69-63(66)55-50-45-40-35-30-29-31-36-41-46-51-58(3)4)57-68-62(65)54-49-44-39-34-28-25-22-19-17-16-18-20-23-26-32-37-42-47-52-59(5)7-2/h58-60H,6-57H2,1-5H3/t59?,60-/m0/s1. The molecule has 2 atom stereocenters. The van der Waals surface area contributed by atoms with E-state index in [9.17, 15) is 14.4 Å². The highest BCUT2D eigenvalue weighted by atomic mass is 16.6. The summed E-state index contributed by atoms with van der Waals surface area (Å²) in [6.45, 7) is 11.5. The molecule has 6 nitrogen and oxygen atoms in total. The van der Waals surface area contributed by atoms with Gasteiger partial charge in [0, 0.05) is 19.3 Å². The van der Waals surface area contributed by atoms with E-state index in [0.717, 1.165) is 69.6 Å². The van der Waals surface area contributed by atoms with E-state index in [1.807, 2.05) is 0 Å². The summed E-state index contributed by atoms with van der Waals surface area (Å²) in [6.07, 6.45) is 61.0. The molecule has 0 aliphatic rings. The van der Waals surface area contributed by atoms with Crippen molar-refractivity contribution in [3.63, 3.8) is 0 Å². The number of ether oxygens (including phenoxy) is 3. The lowest BCUT2D eigenvalue weighted by Crippen LogP contribution is -2.30. The predicted molar refractivity (Wildman–Crippen MR) is 298 cm³/mol. The number of carbonyl (C=O) groups is 3. The van der Waals surface area contributed by atoms with Gasteiger partial charge in [-0.25, -0.2) is 0 Å². The average molecular weight is 976 g/mol. The average Bonchev–Trinajstić information content (AvgIpc) is 3.34. The summed E-state index contributed by atoms with van der Waals surface area (Å²) in [5.74, 6) is 0.891. The van der Waals surface area contributed by atoms with Crippen LogP contribution in [0, 0.1) is 11.8 Å². The molecular formula is C63H122O6. The van der Waals surface area contributed by atoms with Crippen LogP contribution >= 0.6 is 0 Å². The van der Waals surface area contributed by atoms with Crippen LogP contribution in [0.25, 0.3) is 0 Å². The van der Waals surface area contributed by atoms with Gasteiger partial charge in [0.2, 0.25) is 0 Å². The molecule has 410 valence electrons. The van der Waals surface area contributed by atoms with Gasteiger partial charge < -0.3 is 14.2 Å². The zero-order chi connectivity index (χ0) is 50.4. The SMILES string of the molecule is CCCCCCCCCCCCCCCCCCC(=O)OC[C@@H](COC(=O)CCCCCCCCCCCCCCCCCCCCC(C)CC)OC(=O)CCCCCCCCCCCCC(C)C. The van der Waals surface area contributed by atoms with Crippen molar-refractivity contribution in [3.05, 3.63) is 0 Å². The summed E-state index contributed by atoms with van der Waals surface area (Å²) in [6, 6.07) is 0. The number of unbranched alkanes of at least 4 members (excludes halogenated alkanes) is 41. The van der Waals surface area contributed by atoms with Gasteiger partial charge in [-0.05, 0) is 31.1 Å². The topological polar surface area (TPSA) is 78.9 Å². The maximum absolute atomic E-state index is 12.9. The second-order valence-corrected chi connectivity index (χ2v) is 22.4. The third-order valence-corrected chi connectivity index (χ3v) is 14.8. The van der Waals surface area contributed by atoms with E-state index in [0.29, 0.717) is 19.3 Å². The maximum Gasteiger partial charge on any atom is 0.306 e. The maximum atomic E-state index is 12.9. The zero-order valence-corrected chi connectivity index (χ0v) is 47.5. The molecule has 0 saturated heterocycles. The van der Waals surface area contributed by atoms with E-state index < -0.39 is 6.10 Å². The van der Waals surface area contributed by atoms with Crippen molar-refractivity contribution in [3.8, 4) is 0 Å². The molecule has 69 heavy (non-hydrogen) atoms. The minimum atomic E-state index is -0.763. The second kappa shape index (κ2) is 55.7. The van der Waals surface area contributed by atoms with Gasteiger partial charge in [0.15, 0.2) is 6.10 Å². The van der Waals surface area contributed by atoms with Gasteiger partial charge >= 0.3 is 17.9 Å². The summed E-state index contributed by atoms with van der Waals surface area (Å²) in [5, 5.41) is 0. The lowest BCUT2D eigenvalue weighted by molar-refractivity contribution is -0.167. The van der Waals surface area contributed by atoms with Crippen LogP contribution in [0.5, 0.6) is 0 Å². The molecule has 0 radical (unpaired) electrons. The van der Waals surface area contributed by atoms with Gasteiger partial charge in [0.25, 0.3) is 0 Å². The smallest absolute Gasteiger partial charge is 0.306 e. The Hall–Kier alpha value is -1.59. The third kappa shape index (κ3) is 55.6. The van der Waals surface area contributed by atoms with E-state index >= 15 is 0 Å². The van der Waals surface area contributed by atoms with Crippen molar-refractivity contribution in [2.75, 3.05) is 13.2 Å². The normalized spacial score (nSPS) is 12.4. The summed E-state index contributed by atoms with van der Waals surface area (Å²) in [4.78, 5) is 38.2. The molecule has 0 aromatic rings. The van der Waals surface area contributed by atoms with E-state index in [4.69, 9.17) is 14.2 Å². The Balaban J connectivity index is 4.23. The molecule has 0 heterocycles. The fourth-order valence-corrected chi connectivity index (χ4v) is 9.73. The fraction of sp³-hybridized carbons (Fsp3) is 0.952. The van der Waals surface area contributed by atoms with Crippen molar-refractivity contribution in [2.45, 2.75) is 362 Å². The number of hydrogen-bond acceptors (Lipinski definition) is 6. The summed E-state index contributed by atoms with van der Waals surface area (Å²) < 4.78 is 16.9. The molecule has 0 spiro atoms. The zero-order valence-electron chi connectivity index (χ0n) is 47.5. The quantitative estimate of drug-likeness (QED) is 0.0343. The van der Waals surface area contributed by atoms with Gasteiger partial charge in [-0.3, -0.25) is 14.4 Å². The number of esters is 3. The molecule has 1 unspecified atom stereocenters. The molecule has 0 saturated carbocycles. The van der Waals surface area contributed by atoms with Gasteiger partial charge in [-0.2, -0.15) is 0 Å². The van der Waals surface area contributed by atoms with Crippen LogP contribution < -0.4 is 0 Å². The Labute approximate surface area is 431 Å². The molecule has 0 rings (SSSR count). The van der Waals surface area contributed by atoms with Crippen LogP contribution in [-0.4, -0.2) is 37.2 Å². The highest BCUT2D eigenvalue weighted by Crippen LogP contribution is 2.19. The first kappa shape index (κ1) is 67.4. The molecule has 0 fully saturated rings. The first-order valence-electron chi connectivity index (χ1n) is 31.3. The van der Waals surface area contributed by atoms with E-state index in [-0.39, 0.29) is 31.1 Å². The number of carbonyl (C=O) groups excluding carboxylic acids is 3. The van der Waals surface area contributed by atoms with Crippen LogP contribution in [-0.2, 0) is 28.6 Å². The molecule has 0 N–H and O–H groups in total. The van der Waals surface area contributed by atoms with Gasteiger partial charge in [0.05, 0.1) is 0 Å². The molecule has 0 aliphatic heterocycles. The molecule has 0 bridgehead atoms. The van der Waals surface area contributed by atoms with Crippen LogP contribution in [0.4, 0.5) is 0 Å². The number of hydrogen-bond donors (Lipinski definition) is 0. The van der Waals surface area contributed by atoms with Crippen molar-refractivity contribution in [2.24, 2.45) is 11.8 Å². The largest absolute Gasteiger partial charge is 0.462 e. The molecule has 0 aromatic carbocycles. The minimum absolute atomic E-state index is 0.0624. The monoisotopic (exact) mass is 975 g/mol. The molecule has 0 aliphatic carbocycles. The Morgan fingerprint density at radius 3 is 0.826 bits per heavy atom. The highest BCUT2D eigenvalue weighted by Gasteiger charge is 2.19. The van der Waals surface area contributed by atoms with Crippen molar-refractivity contribution in [1.29, 1.82) is 0 Å². The Morgan fingerprint density at radius 2 is 0.551 bits per heavy atom. The Bertz CT molecular complexity index is 1060. The van der Waals surface area contributed by atoms with Crippen LogP contribution in [0.2, 0.25) is 0 Å². The van der Waals surface area contributed by atoms with E-state index in [1.54, 1.807) is 0 Å². The van der Waals surface area contributed by atoms with Gasteiger partial charge in [-0.15, -0.1) is 0 Å². The van der Waals surface area contributed by atoms with Crippen LogP contribution in [0.15, 0.2) is 0 Å². The van der Waals surface area contributed by atoms with Crippen LogP contribution in [0.1, 0.15) is 356 Å². The molecular weight excluding hydrogens is 853 g/mol. The van der Waals surface area contributed by atoms with Crippen molar-refractivity contribution >= 4 is 17.9 Å². The molecule has 0 amide bonds. The first-order chi connectivity index (χ1) is 33.8. The Kier molecular flexibility index (Phi) is 54.4. The third-order valence-electron chi connectivity index (χ3n) is 14.8. The molecule has 0 aromatic heterocycles. The van der Waals surface area contributed by atoms with E-state index in [2.05, 4.69) is 34.6 Å². The van der Waals surface area contributed by atoms with Gasteiger partial charge in [-0.1, -0.05) is 317 Å². The van der Waals surface area contributed by atoms with Crippen LogP contribution in [0.3, 0.4) is 0 Å². The fourth-order valence-electron chi connectivity index (χ4n) is 9.73. The Morgan fingerprint density at radius 1 is 0.304 bits per heavy atom. The highest BCUT2D eigenvalue weighted by molar-refractivity contribution is 5.71.